The summed E-state index contributed by atoms with van der Waals surface area (Å²) in [6.45, 7) is 6.09. The average molecular weight is 379 g/mol. The average Bonchev–Trinajstić information content (AvgIpc) is 3.09. The van der Waals surface area contributed by atoms with Crippen LogP contribution in [0.4, 0.5) is 5.69 Å². The van der Waals surface area contributed by atoms with Gasteiger partial charge in [-0.05, 0) is 43.9 Å². The molecule has 1 aromatic carbocycles. The van der Waals surface area contributed by atoms with Crippen molar-refractivity contribution >= 4 is 23.3 Å². The molecule has 0 bridgehead atoms. The molecule has 0 aliphatic carbocycles. The molecule has 1 atom stereocenters. The highest BCUT2D eigenvalue weighted by Crippen LogP contribution is 2.46. The van der Waals surface area contributed by atoms with E-state index in [9.17, 15) is 14.4 Å². The number of amides is 2. The largest absolute Gasteiger partial charge is 0.355 e. The molecule has 3 heterocycles. The SMILES string of the molecule is CC(=O)c1[nH]c(C)c(C(=O)N2CCCC3(C2)C(=O)N(C)c2ccccc23)c1C. The molecule has 4 rings (SSSR count). The summed E-state index contributed by atoms with van der Waals surface area (Å²) in [5.41, 5.74) is 3.67. The predicted molar refractivity (Wildman–Crippen MR) is 107 cm³/mol. The Morgan fingerprint density at radius 3 is 2.57 bits per heavy atom. The van der Waals surface area contributed by atoms with Crippen molar-refractivity contribution in [2.75, 3.05) is 25.0 Å². The van der Waals surface area contributed by atoms with Gasteiger partial charge in [0.25, 0.3) is 5.91 Å². The number of nitrogens with zero attached hydrogens (tertiary/aromatic N) is 2. The van der Waals surface area contributed by atoms with Gasteiger partial charge in [0.2, 0.25) is 5.91 Å². The highest BCUT2D eigenvalue weighted by Gasteiger charge is 2.52. The van der Waals surface area contributed by atoms with Gasteiger partial charge in [0.05, 0.1) is 16.7 Å². The number of carbonyl (C=O) groups excluding carboxylic acids is 3. The highest BCUT2D eigenvalue weighted by molar-refractivity contribution is 6.09. The number of nitrogens with one attached hydrogen (secondary N) is 1. The molecule has 2 aliphatic rings. The van der Waals surface area contributed by atoms with E-state index >= 15 is 0 Å². The van der Waals surface area contributed by atoms with Crippen LogP contribution in [0.2, 0.25) is 0 Å². The van der Waals surface area contributed by atoms with E-state index in [1.807, 2.05) is 31.2 Å². The molecule has 1 fully saturated rings. The molecule has 1 aromatic heterocycles. The van der Waals surface area contributed by atoms with Crippen molar-refractivity contribution in [1.29, 1.82) is 0 Å². The molecule has 0 radical (unpaired) electrons. The number of hydrogen-bond donors (Lipinski definition) is 1. The second-order valence-electron chi connectivity index (χ2n) is 7.97. The normalized spacial score (nSPS) is 21.4. The van der Waals surface area contributed by atoms with E-state index in [2.05, 4.69) is 4.98 Å². The quantitative estimate of drug-likeness (QED) is 0.816. The lowest BCUT2D eigenvalue weighted by atomic mass is 9.75. The monoisotopic (exact) mass is 379 g/mol. The molecule has 1 N–H and O–H groups in total. The van der Waals surface area contributed by atoms with Gasteiger partial charge in [-0.15, -0.1) is 0 Å². The molecule has 1 saturated heterocycles. The van der Waals surface area contributed by atoms with Crippen LogP contribution in [0.25, 0.3) is 0 Å². The number of piperidine rings is 1. The summed E-state index contributed by atoms with van der Waals surface area (Å²) < 4.78 is 0. The minimum Gasteiger partial charge on any atom is -0.355 e. The van der Waals surface area contributed by atoms with Gasteiger partial charge in [0.1, 0.15) is 0 Å². The van der Waals surface area contributed by atoms with Crippen LogP contribution >= 0.6 is 0 Å². The van der Waals surface area contributed by atoms with E-state index in [0.717, 1.165) is 24.1 Å². The fraction of sp³-hybridized carbons (Fsp3) is 0.409. The highest BCUT2D eigenvalue weighted by atomic mass is 16.2. The lowest BCUT2D eigenvalue weighted by Crippen LogP contribution is -2.53. The molecule has 0 saturated carbocycles. The summed E-state index contributed by atoms with van der Waals surface area (Å²) in [7, 11) is 1.80. The Morgan fingerprint density at radius 1 is 1.18 bits per heavy atom. The van der Waals surface area contributed by atoms with Crippen molar-refractivity contribution in [2.24, 2.45) is 0 Å². The zero-order valence-electron chi connectivity index (χ0n) is 16.8. The van der Waals surface area contributed by atoms with E-state index in [0.29, 0.717) is 35.6 Å². The number of fused-ring (bicyclic) bond motifs is 2. The molecule has 1 spiro atoms. The molecule has 2 aromatic rings. The van der Waals surface area contributed by atoms with Gasteiger partial charge in [-0.3, -0.25) is 14.4 Å². The van der Waals surface area contributed by atoms with E-state index in [4.69, 9.17) is 0 Å². The molecule has 6 heteroatoms. The van der Waals surface area contributed by atoms with Crippen molar-refractivity contribution in [2.45, 2.75) is 39.0 Å². The first kappa shape index (κ1) is 18.5. The Labute approximate surface area is 164 Å². The van der Waals surface area contributed by atoms with Crippen LogP contribution in [0.15, 0.2) is 24.3 Å². The lowest BCUT2D eigenvalue weighted by molar-refractivity contribution is -0.124. The third kappa shape index (κ3) is 2.44. The first-order chi connectivity index (χ1) is 13.3. The van der Waals surface area contributed by atoms with Crippen LogP contribution in [0, 0.1) is 13.8 Å². The Bertz CT molecular complexity index is 1010. The number of Topliss-reactive ketones (excluding diaryl/α,β-unsaturated/α-hetero) is 1. The number of anilines is 1. The summed E-state index contributed by atoms with van der Waals surface area (Å²) in [5.74, 6) is -0.146. The van der Waals surface area contributed by atoms with Crippen LogP contribution in [0.1, 0.15) is 57.4 Å². The third-order valence-electron chi connectivity index (χ3n) is 6.28. The molecule has 28 heavy (non-hydrogen) atoms. The number of H-pyrrole nitrogens is 1. The van der Waals surface area contributed by atoms with Crippen molar-refractivity contribution in [3.05, 3.63) is 52.3 Å². The number of carbonyl (C=O) groups is 3. The van der Waals surface area contributed by atoms with Gasteiger partial charge < -0.3 is 14.8 Å². The van der Waals surface area contributed by atoms with Gasteiger partial charge in [-0.25, -0.2) is 0 Å². The molecular weight excluding hydrogens is 354 g/mol. The summed E-state index contributed by atoms with van der Waals surface area (Å²) in [6.07, 6.45) is 1.50. The van der Waals surface area contributed by atoms with Gasteiger partial charge >= 0.3 is 0 Å². The molecule has 1 unspecified atom stereocenters. The number of likely N-dealkylation sites (tertiary alicyclic amines) is 1. The van der Waals surface area contributed by atoms with Crippen molar-refractivity contribution in [1.82, 2.24) is 9.88 Å². The molecule has 146 valence electrons. The van der Waals surface area contributed by atoms with Crippen molar-refractivity contribution in [3.8, 4) is 0 Å². The Balaban J connectivity index is 1.72. The minimum absolute atomic E-state index is 0.0538. The number of benzene rings is 1. The van der Waals surface area contributed by atoms with E-state index in [1.54, 1.807) is 23.8 Å². The van der Waals surface area contributed by atoms with Crippen LogP contribution in [0.3, 0.4) is 0 Å². The number of aromatic amines is 1. The minimum atomic E-state index is -0.680. The molecule has 6 nitrogen and oxygen atoms in total. The third-order valence-corrected chi connectivity index (χ3v) is 6.28. The zero-order chi connectivity index (χ0) is 20.2. The standard InChI is InChI=1S/C22H25N3O3/c1-13-18(14(2)23-19(13)15(3)26)20(27)25-11-7-10-22(12-25)16-8-5-6-9-17(16)24(4)21(22)28/h5-6,8-9,23H,7,10-12H2,1-4H3. The van der Waals surface area contributed by atoms with Crippen molar-refractivity contribution in [3.63, 3.8) is 0 Å². The van der Waals surface area contributed by atoms with Crippen LogP contribution in [-0.4, -0.2) is 47.6 Å². The van der Waals surface area contributed by atoms with Crippen molar-refractivity contribution < 1.29 is 14.4 Å². The number of aryl methyl sites for hydroxylation is 1. The fourth-order valence-electron chi connectivity index (χ4n) is 4.92. The summed E-state index contributed by atoms with van der Waals surface area (Å²) >= 11 is 0. The van der Waals surface area contributed by atoms with E-state index in [-0.39, 0.29) is 17.6 Å². The molecule has 2 aliphatic heterocycles. The Morgan fingerprint density at radius 2 is 1.89 bits per heavy atom. The van der Waals surface area contributed by atoms with Gasteiger partial charge in [-0.2, -0.15) is 0 Å². The second-order valence-corrected chi connectivity index (χ2v) is 7.97. The van der Waals surface area contributed by atoms with Crippen LogP contribution < -0.4 is 4.90 Å². The van der Waals surface area contributed by atoms with E-state index in [1.165, 1.54) is 6.92 Å². The Kier molecular flexibility index (Phi) is 4.17. The van der Waals surface area contributed by atoms with Gasteiger partial charge in [0.15, 0.2) is 5.78 Å². The number of aromatic nitrogens is 1. The van der Waals surface area contributed by atoms with E-state index < -0.39 is 5.41 Å². The smallest absolute Gasteiger partial charge is 0.256 e. The molecule has 2 amide bonds. The maximum absolute atomic E-state index is 13.4. The second kappa shape index (κ2) is 6.33. The Hall–Kier alpha value is -2.89. The maximum atomic E-state index is 13.4. The number of para-hydroxylation sites is 1. The first-order valence-electron chi connectivity index (χ1n) is 9.65. The zero-order valence-corrected chi connectivity index (χ0v) is 16.8. The predicted octanol–water partition coefficient (Wildman–Crippen LogP) is 2.98. The van der Waals surface area contributed by atoms with Crippen LogP contribution in [0.5, 0.6) is 0 Å². The number of rotatable bonds is 2. The number of hydrogen-bond acceptors (Lipinski definition) is 3. The molecular formula is C22H25N3O3. The van der Waals surface area contributed by atoms with Gasteiger partial charge in [-0.1, -0.05) is 18.2 Å². The summed E-state index contributed by atoms with van der Waals surface area (Å²) in [5, 5.41) is 0. The lowest BCUT2D eigenvalue weighted by Gasteiger charge is -2.39. The topological polar surface area (TPSA) is 73.5 Å². The first-order valence-corrected chi connectivity index (χ1v) is 9.65. The van der Waals surface area contributed by atoms with Crippen LogP contribution in [-0.2, 0) is 10.2 Å². The summed E-state index contributed by atoms with van der Waals surface area (Å²) in [4.78, 5) is 45.0. The van der Waals surface area contributed by atoms with Gasteiger partial charge in [0, 0.05) is 38.4 Å². The maximum Gasteiger partial charge on any atom is 0.256 e. The number of ketones is 1. The number of likely N-dealkylation sites (N-methyl/N-ethyl adjacent to an activating group) is 1. The summed E-state index contributed by atoms with van der Waals surface area (Å²) in [6, 6.07) is 7.85. The fourth-order valence-corrected chi connectivity index (χ4v) is 4.92.